The van der Waals surface area contributed by atoms with Gasteiger partial charge in [-0.15, -0.1) is 16.4 Å². The zero-order chi connectivity index (χ0) is 10.7. The first kappa shape index (κ1) is 11.1. The molecule has 3 nitrogen and oxygen atoms in total. The van der Waals surface area contributed by atoms with Crippen LogP contribution in [0.15, 0.2) is 15.9 Å². The van der Waals surface area contributed by atoms with Crippen LogP contribution in [0.5, 0.6) is 0 Å². The summed E-state index contributed by atoms with van der Waals surface area (Å²) in [6, 6.07) is 2.02. The molecule has 2 rings (SSSR count). The molecule has 15 heavy (non-hydrogen) atoms. The monoisotopic (exact) mass is 317 g/mol. The SMILES string of the molecule is N#CSCc1sc(-c2csnn2)cc1Br. The Morgan fingerprint density at radius 3 is 3.13 bits per heavy atom. The molecule has 0 fully saturated rings. The molecule has 0 N–H and O–H groups in total. The number of thiocyanates is 1. The van der Waals surface area contributed by atoms with Crippen molar-refractivity contribution in [2.24, 2.45) is 0 Å². The summed E-state index contributed by atoms with van der Waals surface area (Å²) in [5, 5.41) is 16.5. The Morgan fingerprint density at radius 2 is 2.47 bits per heavy atom. The maximum Gasteiger partial charge on any atom is 0.133 e. The van der Waals surface area contributed by atoms with Crippen LogP contribution < -0.4 is 0 Å². The van der Waals surface area contributed by atoms with Crippen LogP contribution in [0.2, 0.25) is 0 Å². The zero-order valence-corrected chi connectivity index (χ0v) is 11.3. The summed E-state index contributed by atoms with van der Waals surface area (Å²) < 4.78 is 4.87. The van der Waals surface area contributed by atoms with Crippen LogP contribution in [0.25, 0.3) is 10.6 Å². The zero-order valence-electron chi connectivity index (χ0n) is 7.31. The van der Waals surface area contributed by atoms with E-state index in [9.17, 15) is 0 Å². The minimum Gasteiger partial charge on any atom is -0.185 e. The third-order valence-electron chi connectivity index (χ3n) is 1.64. The van der Waals surface area contributed by atoms with E-state index in [1.165, 1.54) is 23.3 Å². The molecule has 0 saturated heterocycles. The summed E-state index contributed by atoms with van der Waals surface area (Å²) in [5.74, 6) is 0.708. The van der Waals surface area contributed by atoms with Crippen molar-refractivity contribution in [3.05, 3.63) is 20.8 Å². The van der Waals surface area contributed by atoms with Crippen molar-refractivity contribution < 1.29 is 0 Å². The average Bonchev–Trinajstić information content (AvgIpc) is 2.83. The molecule has 0 saturated carbocycles. The van der Waals surface area contributed by atoms with Gasteiger partial charge in [0.2, 0.25) is 0 Å². The topological polar surface area (TPSA) is 49.6 Å². The molecule has 2 aromatic heterocycles. The molecule has 7 heteroatoms. The van der Waals surface area contributed by atoms with E-state index in [0.717, 1.165) is 19.9 Å². The predicted molar refractivity (Wildman–Crippen MR) is 67.8 cm³/mol. The molecule has 0 atom stereocenters. The van der Waals surface area contributed by atoms with Gasteiger partial charge in [-0.1, -0.05) is 4.49 Å². The van der Waals surface area contributed by atoms with Crippen LogP contribution in [-0.4, -0.2) is 9.59 Å². The van der Waals surface area contributed by atoms with E-state index in [1.54, 1.807) is 11.3 Å². The summed E-state index contributed by atoms with van der Waals surface area (Å²) >= 11 is 7.70. The molecular weight excluding hydrogens is 314 g/mol. The van der Waals surface area contributed by atoms with E-state index >= 15 is 0 Å². The Labute approximate surface area is 107 Å². The van der Waals surface area contributed by atoms with Gasteiger partial charge in [-0.25, -0.2) is 0 Å². The van der Waals surface area contributed by atoms with Crippen LogP contribution in [0, 0.1) is 10.7 Å². The molecule has 0 aromatic carbocycles. The lowest BCUT2D eigenvalue weighted by atomic mass is 10.4. The highest BCUT2D eigenvalue weighted by molar-refractivity contribution is 9.10. The van der Waals surface area contributed by atoms with Gasteiger partial charge in [-0.3, -0.25) is 0 Å². The smallest absolute Gasteiger partial charge is 0.133 e. The molecule has 0 spiro atoms. The van der Waals surface area contributed by atoms with Crippen LogP contribution in [0.3, 0.4) is 0 Å². The van der Waals surface area contributed by atoms with Crippen LogP contribution >= 0.6 is 50.6 Å². The fraction of sp³-hybridized carbons (Fsp3) is 0.125. The maximum atomic E-state index is 8.49. The molecule has 0 aliphatic carbocycles. The standard InChI is InChI=1S/C8H4BrN3S3/c9-5-1-7(6-2-14-12-11-6)15-8(5)3-13-4-10/h1-2H,3H2. The number of hydrogen-bond donors (Lipinski definition) is 0. The predicted octanol–water partition coefficient (Wildman–Crippen LogP) is 3.74. The quantitative estimate of drug-likeness (QED) is 0.809. The van der Waals surface area contributed by atoms with E-state index < -0.39 is 0 Å². The van der Waals surface area contributed by atoms with E-state index in [1.807, 2.05) is 11.4 Å². The van der Waals surface area contributed by atoms with Crippen molar-refractivity contribution in [3.8, 4) is 16.0 Å². The number of nitriles is 1. The van der Waals surface area contributed by atoms with E-state index in [0.29, 0.717) is 5.75 Å². The average molecular weight is 318 g/mol. The first-order chi connectivity index (χ1) is 7.31. The van der Waals surface area contributed by atoms with Gasteiger partial charge in [-0.05, 0) is 45.3 Å². The lowest BCUT2D eigenvalue weighted by molar-refractivity contribution is 1.17. The first-order valence-electron chi connectivity index (χ1n) is 3.88. The number of halogens is 1. The van der Waals surface area contributed by atoms with Gasteiger partial charge in [-0.2, -0.15) is 5.26 Å². The molecule has 0 bridgehead atoms. The van der Waals surface area contributed by atoms with Crippen LogP contribution in [0.4, 0.5) is 0 Å². The molecule has 76 valence electrons. The number of aromatic nitrogens is 2. The lowest BCUT2D eigenvalue weighted by Crippen LogP contribution is -1.70. The third-order valence-corrected chi connectivity index (χ3v) is 5.01. The number of thiophene rings is 1. The highest BCUT2D eigenvalue weighted by Gasteiger charge is 2.10. The summed E-state index contributed by atoms with van der Waals surface area (Å²) in [6.07, 6.45) is 0. The van der Waals surface area contributed by atoms with Gasteiger partial charge >= 0.3 is 0 Å². The van der Waals surface area contributed by atoms with Crippen molar-refractivity contribution in [2.75, 3.05) is 0 Å². The normalized spacial score (nSPS) is 10.1. The summed E-state index contributed by atoms with van der Waals surface area (Å²) in [7, 11) is 0. The Kier molecular flexibility index (Phi) is 3.75. The van der Waals surface area contributed by atoms with Crippen LogP contribution in [0.1, 0.15) is 4.88 Å². The number of nitrogens with zero attached hydrogens (tertiary/aromatic N) is 3. The Hall–Kier alpha value is -0.420. The van der Waals surface area contributed by atoms with Crippen molar-refractivity contribution in [3.63, 3.8) is 0 Å². The van der Waals surface area contributed by atoms with Gasteiger partial charge in [0, 0.05) is 20.5 Å². The second kappa shape index (κ2) is 5.07. The highest BCUT2D eigenvalue weighted by Crippen LogP contribution is 2.35. The largest absolute Gasteiger partial charge is 0.185 e. The highest BCUT2D eigenvalue weighted by atomic mass is 79.9. The Balaban J connectivity index is 2.26. The lowest BCUT2D eigenvalue weighted by Gasteiger charge is -1.89. The molecule has 0 radical (unpaired) electrons. The van der Waals surface area contributed by atoms with Gasteiger partial charge in [0.15, 0.2) is 0 Å². The molecule has 2 heterocycles. The van der Waals surface area contributed by atoms with E-state index in [4.69, 9.17) is 5.26 Å². The summed E-state index contributed by atoms with van der Waals surface area (Å²) in [4.78, 5) is 2.24. The number of hydrogen-bond acceptors (Lipinski definition) is 6. The first-order valence-corrected chi connectivity index (χ1v) is 7.31. The van der Waals surface area contributed by atoms with Gasteiger partial charge in [0.05, 0.1) is 4.88 Å². The fourth-order valence-corrected chi connectivity index (χ4v) is 4.05. The molecular formula is C8H4BrN3S3. The van der Waals surface area contributed by atoms with Gasteiger partial charge < -0.3 is 0 Å². The van der Waals surface area contributed by atoms with Crippen molar-refractivity contribution in [1.82, 2.24) is 9.59 Å². The second-order valence-corrected chi connectivity index (χ2v) is 5.91. The summed E-state index contributed by atoms with van der Waals surface area (Å²) in [6.45, 7) is 0. The minimum absolute atomic E-state index is 0.708. The number of thioether (sulfide) groups is 1. The fourth-order valence-electron chi connectivity index (χ4n) is 1.00. The van der Waals surface area contributed by atoms with Crippen molar-refractivity contribution in [1.29, 1.82) is 5.26 Å². The third kappa shape index (κ3) is 2.58. The Morgan fingerprint density at radius 1 is 1.60 bits per heavy atom. The van der Waals surface area contributed by atoms with Gasteiger partial charge in [0.1, 0.15) is 11.1 Å². The maximum absolute atomic E-state index is 8.49. The van der Waals surface area contributed by atoms with E-state index in [2.05, 4.69) is 30.9 Å². The number of rotatable bonds is 3. The van der Waals surface area contributed by atoms with Gasteiger partial charge in [0.25, 0.3) is 0 Å². The Bertz CT molecular complexity index is 486. The van der Waals surface area contributed by atoms with E-state index in [-0.39, 0.29) is 0 Å². The van der Waals surface area contributed by atoms with Crippen molar-refractivity contribution >= 4 is 50.6 Å². The molecule has 2 aromatic rings. The minimum atomic E-state index is 0.708. The summed E-state index contributed by atoms with van der Waals surface area (Å²) in [5.41, 5.74) is 0.902. The molecule has 0 amide bonds. The second-order valence-electron chi connectivity index (χ2n) is 2.55. The molecule has 0 aliphatic heterocycles. The van der Waals surface area contributed by atoms with Crippen LogP contribution in [-0.2, 0) is 5.75 Å². The molecule has 0 unspecified atom stereocenters. The van der Waals surface area contributed by atoms with Crippen molar-refractivity contribution in [2.45, 2.75) is 5.75 Å². The molecule has 0 aliphatic rings.